The molecular formula is C24H27NO2. The standard InChI is InChI=1S/C24H27NO2/c1-17-12-18(2)24-22(13-17)21(15-23(26)27-24)16-25-10-8-20(9-11-25)14-19-6-4-3-5-7-19/h3-7,12-13,15,20H,8-11,14,16H2,1-2H3. The van der Waals surface area contributed by atoms with Gasteiger partial charge in [-0.1, -0.05) is 36.4 Å². The molecule has 0 unspecified atom stereocenters. The van der Waals surface area contributed by atoms with Crippen LogP contribution in [-0.2, 0) is 13.0 Å². The van der Waals surface area contributed by atoms with Gasteiger partial charge in [0.1, 0.15) is 5.58 Å². The van der Waals surface area contributed by atoms with Crippen molar-refractivity contribution in [1.29, 1.82) is 0 Å². The maximum Gasteiger partial charge on any atom is 0.336 e. The molecule has 1 aromatic heterocycles. The number of rotatable bonds is 4. The third kappa shape index (κ3) is 4.14. The third-order valence-electron chi connectivity index (χ3n) is 5.73. The van der Waals surface area contributed by atoms with E-state index in [9.17, 15) is 4.79 Å². The van der Waals surface area contributed by atoms with Gasteiger partial charge in [-0.2, -0.15) is 0 Å². The van der Waals surface area contributed by atoms with E-state index in [4.69, 9.17) is 4.42 Å². The van der Waals surface area contributed by atoms with Crippen LogP contribution in [0.15, 0.2) is 57.7 Å². The first-order chi connectivity index (χ1) is 13.1. The summed E-state index contributed by atoms with van der Waals surface area (Å²) in [6.45, 7) is 7.10. The van der Waals surface area contributed by atoms with Crippen LogP contribution in [0.4, 0.5) is 0 Å². The Bertz CT molecular complexity index is 982. The van der Waals surface area contributed by atoms with Gasteiger partial charge in [0.2, 0.25) is 0 Å². The molecule has 2 aromatic carbocycles. The molecule has 1 aliphatic rings. The third-order valence-corrected chi connectivity index (χ3v) is 5.73. The summed E-state index contributed by atoms with van der Waals surface area (Å²) in [6, 6.07) is 16.7. The summed E-state index contributed by atoms with van der Waals surface area (Å²) in [6.07, 6.45) is 3.60. The number of hydrogen-bond acceptors (Lipinski definition) is 3. The number of hydrogen-bond donors (Lipinski definition) is 0. The van der Waals surface area contributed by atoms with E-state index < -0.39 is 0 Å². The van der Waals surface area contributed by atoms with E-state index in [1.807, 2.05) is 6.92 Å². The minimum Gasteiger partial charge on any atom is -0.422 e. The van der Waals surface area contributed by atoms with Crippen molar-refractivity contribution in [2.45, 2.75) is 39.7 Å². The van der Waals surface area contributed by atoms with Crippen LogP contribution in [0.25, 0.3) is 11.0 Å². The van der Waals surface area contributed by atoms with Crippen LogP contribution in [0.3, 0.4) is 0 Å². The molecule has 0 spiro atoms. The normalized spacial score (nSPS) is 16.1. The predicted molar refractivity (Wildman–Crippen MR) is 110 cm³/mol. The van der Waals surface area contributed by atoms with Crippen molar-refractivity contribution in [2.75, 3.05) is 13.1 Å². The zero-order chi connectivity index (χ0) is 18.8. The first-order valence-electron chi connectivity index (χ1n) is 9.89. The Hall–Kier alpha value is -2.39. The number of nitrogens with zero attached hydrogens (tertiary/aromatic N) is 1. The fraction of sp³-hybridized carbons (Fsp3) is 0.375. The molecule has 1 saturated heterocycles. The number of fused-ring (bicyclic) bond motifs is 1. The summed E-state index contributed by atoms with van der Waals surface area (Å²) in [5, 5.41) is 1.08. The number of benzene rings is 2. The number of piperidine rings is 1. The van der Waals surface area contributed by atoms with Crippen molar-refractivity contribution in [1.82, 2.24) is 4.90 Å². The molecule has 4 rings (SSSR count). The van der Waals surface area contributed by atoms with E-state index in [1.165, 1.54) is 30.4 Å². The van der Waals surface area contributed by atoms with Gasteiger partial charge in [0, 0.05) is 18.0 Å². The second-order valence-corrected chi connectivity index (χ2v) is 7.96. The van der Waals surface area contributed by atoms with Crippen molar-refractivity contribution in [3.8, 4) is 0 Å². The first kappa shape index (κ1) is 18.0. The molecule has 0 bridgehead atoms. The lowest BCUT2D eigenvalue weighted by Crippen LogP contribution is -2.34. The quantitative estimate of drug-likeness (QED) is 0.622. The van der Waals surface area contributed by atoms with Gasteiger partial charge in [-0.25, -0.2) is 4.79 Å². The Morgan fingerprint density at radius 3 is 2.52 bits per heavy atom. The highest BCUT2D eigenvalue weighted by Gasteiger charge is 2.20. The highest BCUT2D eigenvalue weighted by Crippen LogP contribution is 2.26. The second-order valence-electron chi connectivity index (χ2n) is 7.96. The Morgan fingerprint density at radius 1 is 1.04 bits per heavy atom. The summed E-state index contributed by atoms with van der Waals surface area (Å²) in [5.41, 5.74) is 5.26. The van der Waals surface area contributed by atoms with E-state index in [0.717, 1.165) is 47.6 Å². The van der Waals surface area contributed by atoms with Crippen molar-refractivity contribution in [3.05, 3.63) is 81.2 Å². The van der Waals surface area contributed by atoms with Crippen molar-refractivity contribution < 1.29 is 4.42 Å². The molecule has 0 saturated carbocycles. The van der Waals surface area contributed by atoms with Gasteiger partial charge in [-0.15, -0.1) is 0 Å². The summed E-state index contributed by atoms with van der Waals surface area (Å²) < 4.78 is 5.49. The molecule has 1 aliphatic heterocycles. The molecule has 0 N–H and O–H groups in total. The molecule has 27 heavy (non-hydrogen) atoms. The van der Waals surface area contributed by atoms with Crippen LogP contribution >= 0.6 is 0 Å². The molecule has 3 aromatic rings. The number of aryl methyl sites for hydroxylation is 2. The molecule has 2 heterocycles. The molecule has 0 radical (unpaired) electrons. The first-order valence-corrected chi connectivity index (χ1v) is 9.89. The molecule has 3 nitrogen and oxygen atoms in total. The summed E-state index contributed by atoms with van der Waals surface area (Å²) in [7, 11) is 0. The lowest BCUT2D eigenvalue weighted by Gasteiger charge is -2.32. The highest BCUT2D eigenvalue weighted by atomic mass is 16.4. The molecule has 0 aliphatic carbocycles. The maximum absolute atomic E-state index is 12.1. The summed E-state index contributed by atoms with van der Waals surface area (Å²) in [5.74, 6) is 0.755. The van der Waals surface area contributed by atoms with Gasteiger partial charge in [-0.3, -0.25) is 4.90 Å². The molecule has 140 valence electrons. The average Bonchev–Trinajstić information content (AvgIpc) is 2.65. The number of likely N-dealkylation sites (tertiary alicyclic amines) is 1. The van der Waals surface area contributed by atoms with Crippen LogP contribution in [0.5, 0.6) is 0 Å². The maximum atomic E-state index is 12.1. The molecule has 3 heteroatoms. The zero-order valence-corrected chi connectivity index (χ0v) is 16.2. The Balaban J connectivity index is 1.47. The van der Waals surface area contributed by atoms with Gasteiger partial charge in [-0.05, 0) is 80.4 Å². The van der Waals surface area contributed by atoms with Gasteiger partial charge < -0.3 is 4.42 Å². The lowest BCUT2D eigenvalue weighted by atomic mass is 9.90. The largest absolute Gasteiger partial charge is 0.422 e. The minimum absolute atomic E-state index is 0.247. The van der Waals surface area contributed by atoms with Gasteiger partial charge >= 0.3 is 5.63 Å². The van der Waals surface area contributed by atoms with Gasteiger partial charge in [0.05, 0.1) is 0 Å². The fourth-order valence-corrected chi connectivity index (χ4v) is 4.35. The van der Waals surface area contributed by atoms with Crippen LogP contribution < -0.4 is 5.63 Å². The molecule has 1 fully saturated rings. The summed E-state index contributed by atoms with van der Waals surface area (Å²) >= 11 is 0. The van der Waals surface area contributed by atoms with Crippen LogP contribution in [0.2, 0.25) is 0 Å². The topological polar surface area (TPSA) is 33.5 Å². The van der Waals surface area contributed by atoms with Gasteiger partial charge in [0.15, 0.2) is 0 Å². The Labute approximate surface area is 160 Å². The van der Waals surface area contributed by atoms with Crippen LogP contribution in [0.1, 0.15) is 35.1 Å². The van der Waals surface area contributed by atoms with Crippen LogP contribution in [-0.4, -0.2) is 18.0 Å². The minimum atomic E-state index is -0.247. The van der Waals surface area contributed by atoms with E-state index in [0.29, 0.717) is 0 Å². The van der Waals surface area contributed by atoms with E-state index >= 15 is 0 Å². The van der Waals surface area contributed by atoms with E-state index in [1.54, 1.807) is 6.07 Å². The van der Waals surface area contributed by atoms with Crippen molar-refractivity contribution in [3.63, 3.8) is 0 Å². The van der Waals surface area contributed by atoms with Gasteiger partial charge in [0.25, 0.3) is 0 Å². The monoisotopic (exact) mass is 361 g/mol. The Kier molecular flexibility index (Phi) is 5.13. The molecule has 0 amide bonds. The van der Waals surface area contributed by atoms with Crippen molar-refractivity contribution in [2.24, 2.45) is 5.92 Å². The van der Waals surface area contributed by atoms with E-state index in [-0.39, 0.29) is 5.63 Å². The SMILES string of the molecule is Cc1cc(C)c2oc(=O)cc(CN3CCC(Cc4ccccc4)CC3)c2c1. The van der Waals surface area contributed by atoms with Crippen molar-refractivity contribution >= 4 is 11.0 Å². The summed E-state index contributed by atoms with van der Waals surface area (Å²) in [4.78, 5) is 14.5. The fourth-order valence-electron chi connectivity index (χ4n) is 4.35. The smallest absolute Gasteiger partial charge is 0.336 e. The van der Waals surface area contributed by atoms with Crippen LogP contribution in [0, 0.1) is 19.8 Å². The second kappa shape index (κ2) is 7.69. The molecule has 0 atom stereocenters. The van der Waals surface area contributed by atoms with E-state index in [2.05, 4.69) is 54.3 Å². The lowest BCUT2D eigenvalue weighted by molar-refractivity contribution is 0.177. The average molecular weight is 361 g/mol. The zero-order valence-electron chi connectivity index (χ0n) is 16.2. The Morgan fingerprint density at radius 2 is 1.78 bits per heavy atom. The predicted octanol–water partition coefficient (Wildman–Crippen LogP) is 4.86. The highest BCUT2D eigenvalue weighted by molar-refractivity contribution is 5.83. The molecular weight excluding hydrogens is 334 g/mol.